The lowest BCUT2D eigenvalue weighted by Gasteiger charge is -2.21. The summed E-state index contributed by atoms with van der Waals surface area (Å²) >= 11 is 1.52. The SMILES string of the molecule is NC(=O)CN1CCCC1c1csc(Nc2cnccn2)n1. The van der Waals surface area contributed by atoms with Crippen molar-refractivity contribution in [3.05, 3.63) is 29.7 Å². The summed E-state index contributed by atoms with van der Waals surface area (Å²) in [5.41, 5.74) is 6.27. The zero-order valence-electron chi connectivity index (χ0n) is 11.4. The van der Waals surface area contributed by atoms with E-state index in [1.807, 2.05) is 5.38 Å². The fourth-order valence-corrected chi connectivity index (χ4v) is 3.28. The van der Waals surface area contributed by atoms with Gasteiger partial charge in [-0.2, -0.15) is 0 Å². The molecule has 21 heavy (non-hydrogen) atoms. The second-order valence-corrected chi connectivity index (χ2v) is 5.75. The molecular formula is C13H16N6OS. The third-order valence-corrected chi connectivity index (χ3v) is 4.16. The minimum Gasteiger partial charge on any atom is -0.369 e. The molecule has 2 aromatic rings. The maximum atomic E-state index is 11.1. The molecule has 2 aromatic heterocycles. The van der Waals surface area contributed by atoms with Crippen molar-refractivity contribution < 1.29 is 4.79 Å². The molecule has 0 aromatic carbocycles. The number of anilines is 2. The number of amides is 1. The fraction of sp³-hybridized carbons (Fsp3) is 0.385. The van der Waals surface area contributed by atoms with E-state index in [2.05, 4.69) is 25.2 Å². The normalized spacial score (nSPS) is 18.8. The molecule has 3 rings (SSSR count). The lowest BCUT2D eigenvalue weighted by atomic mass is 10.2. The Morgan fingerprint density at radius 1 is 1.52 bits per heavy atom. The highest BCUT2D eigenvalue weighted by atomic mass is 32.1. The van der Waals surface area contributed by atoms with Gasteiger partial charge >= 0.3 is 0 Å². The monoisotopic (exact) mass is 304 g/mol. The van der Waals surface area contributed by atoms with E-state index in [9.17, 15) is 4.79 Å². The third-order valence-electron chi connectivity index (χ3n) is 3.38. The highest BCUT2D eigenvalue weighted by Crippen LogP contribution is 2.33. The maximum Gasteiger partial charge on any atom is 0.231 e. The van der Waals surface area contributed by atoms with E-state index in [1.165, 1.54) is 11.3 Å². The molecule has 1 fully saturated rings. The van der Waals surface area contributed by atoms with Crippen LogP contribution in [0.4, 0.5) is 10.9 Å². The number of carbonyl (C=O) groups excluding carboxylic acids is 1. The van der Waals surface area contributed by atoms with E-state index in [1.54, 1.807) is 18.6 Å². The molecule has 0 saturated carbocycles. The molecule has 0 radical (unpaired) electrons. The minimum absolute atomic E-state index is 0.172. The van der Waals surface area contributed by atoms with Gasteiger partial charge < -0.3 is 11.1 Å². The van der Waals surface area contributed by atoms with Crippen LogP contribution < -0.4 is 11.1 Å². The number of nitrogens with two attached hydrogens (primary N) is 1. The highest BCUT2D eigenvalue weighted by Gasteiger charge is 2.28. The Bertz CT molecular complexity index is 616. The van der Waals surface area contributed by atoms with Gasteiger partial charge in [0.15, 0.2) is 10.9 Å². The summed E-state index contributed by atoms with van der Waals surface area (Å²) in [4.78, 5) is 26.0. The molecule has 1 saturated heterocycles. The predicted molar refractivity (Wildman–Crippen MR) is 80.2 cm³/mol. The first-order valence-electron chi connectivity index (χ1n) is 6.73. The maximum absolute atomic E-state index is 11.1. The Hall–Kier alpha value is -2.06. The van der Waals surface area contributed by atoms with Gasteiger partial charge in [-0.05, 0) is 19.4 Å². The van der Waals surface area contributed by atoms with Crippen LogP contribution in [0.15, 0.2) is 24.0 Å². The van der Waals surface area contributed by atoms with Crippen molar-refractivity contribution in [3.63, 3.8) is 0 Å². The van der Waals surface area contributed by atoms with E-state index in [0.717, 1.165) is 30.2 Å². The topological polar surface area (TPSA) is 97.0 Å². The van der Waals surface area contributed by atoms with Gasteiger partial charge in [0.25, 0.3) is 0 Å². The van der Waals surface area contributed by atoms with Gasteiger partial charge in [-0.1, -0.05) is 0 Å². The van der Waals surface area contributed by atoms with Crippen LogP contribution in [0.2, 0.25) is 0 Å². The smallest absolute Gasteiger partial charge is 0.231 e. The third kappa shape index (κ3) is 3.34. The summed E-state index contributed by atoms with van der Waals surface area (Å²) < 4.78 is 0. The second kappa shape index (κ2) is 6.15. The van der Waals surface area contributed by atoms with Crippen LogP contribution in [0.5, 0.6) is 0 Å². The van der Waals surface area contributed by atoms with Gasteiger partial charge in [-0.3, -0.25) is 14.7 Å². The van der Waals surface area contributed by atoms with Crippen molar-refractivity contribution in [1.29, 1.82) is 0 Å². The van der Waals surface area contributed by atoms with Gasteiger partial charge in [0.1, 0.15) is 0 Å². The number of primary amides is 1. The number of likely N-dealkylation sites (tertiary alicyclic amines) is 1. The van der Waals surface area contributed by atoms with Crippen molar-refractivity contribution in [2.45, 2.75) is 18.9 Å². The molecule has 110 valence electrons. The number of nitrogens with zero attached hydrogens (tertiary/aromatic N) is 4. The van der Waals surface area contributed by atoms with Gasteiger partial charge in [0.2, 0.25) is 5.91 Å². The lowest BCUT2D eigenvalue weighted by Crippen LogP contribution is -2.33. The average molecular weight is 304 g/mol. The molecule has 7 nitrogen and oxygen atoms in total. The van der Waals surface area contributed by atoms with E-state index < -0.39 is 0 Å². The molecule has 1 aliphatic rings. The fourth-order valence-electron chi connectivity index (χ4n) is 2.52. The largest absolute Gasteiger partial charge is 0.369 e. The van der Waals surface area contributed by atoms with Crippen LogP contribution in [-0.4, -0.2) is 38.8 Å². The molecule has 3 N–H and O–H groups in total. The standard InChI is InChI=1S/C13H16N6OS/c14-11(20)7-19-5-1-2-10(19)9-8-21-13(17-9)18-12-6-15-3-4-16-12/h3-4,6,8,10H,1-2,5,7H2,(H2,14,20)(H,16,17,18). The van der Waals surface area contributed by atoms with E-state index >= 15 is 0 Å². The number of nitrogens with one attached hydrogen (secondary N) is 1. The Kier molecular flexibility index (Phi) is 4.07. The van der Waals surface area contributed by atoms with E-state index in [4.69, 9.17) is 5.73 Å². The predicted octanol–water partition coefficient (Wildman–Crippen LogP) is 1.30. The Balaban J connectivity index is 1.71. The number of hydrogen-bond donors (Lipinski definition) is 2. The summed E-state index contributed by atoms with van der Waals surface area (Å²) in [5.74, 6) is 0.369. The quantitative estimate of drug-likeness (QED) is 0.864. The molecule has 1 aliphatic heterocycles. The summed E-state index contributed by atoms with van der Waals surface area (Å²) in [6.07, 6.45) is 6.96. The number of aromatic nitrogens is 3. The van der Waals surface area contributed by atoms with Crippen LogP contribution in [0.1, 0.15) is 24.6 Å². The summed E-state index contributed by atoms with van der Waals surface area (Å²) in [5, 5.41) is 5.92. The van der Waals surface area contributed by atoms with Crippen molar-refractivity contribution in [3.8, 4) is 0 Å². The Morgan fingerprint density at radius 3 is 3.19 bits per heavy atom. The molecule has 0 bridgehead atoms. The second-order valence-electron chi connectivity index (χ2n) is 4.89. The first-order chi connectivity index (χ1) is 10.2. The summed E-state index contributed by atoms with van der Waals surface area (Å²) in [7, 11) is 0. The molecule has 1 atom stereocenters. The Labute approximate surface area is 126 Å². The molecule has 1 amide bonds. The molecule has 0 aliphatic carbocycles. The van der Waals surface area contributed by atoms with Gasteiger partial charge in [-0.15, -0.1) is 11.3 Å². The highest BCUT2D eigenvalue weighted by molar-refractivity contribution is 7.13. The first-order valence-corrected chi connectivity index (χ1v) is 7.61. The zero-order valence-corrected chi connectivity index (χ0v) is 12.2. The number of rotatable bonds is 5. The van der Waals surface area contributed by atoms with Crippen LogP contribution in [0, 0.1) is 0 Å². The number of thiazole rings is 1. The summed E-state index contributed by atoms with van der Waals surface area (Å²) in [6, 6.07) is 0.172. The molecule has 1 unspecified atom stereocenters. The van der Waals surface area contributed by atoms with Gasteiger partial charge in [-0.25, -0.2) is 9.97 Å². The van der Waals surface area contributed by atoms with E-state index in [0.29, 0.717) is 5.82 Å². The van der Waals surface area contributed by atoms with Gasteiger partial charge in [0, 0.05) is 17.8 Å². The lowest BCUT2D eigenvalue weighted by molar-refractivity contribution is -0.119. The van der Waals surface area contributed by atoms with Crippen molar-refractivity contribution in [2.24, 2.45) is 5.73 Å². The van der Waals surface area contributed by atoms with E-state index in [-0.39, 0.29) is 18.5 Å². The molecule has 8 heteroatoms. The van der Waals surface area contributed by atoms with Crippen LogP contribution in [0.3, 0.4) is 0 Å². The van der Waals surface area contributed by atoms with Gasteiger partial charge in [0.05, 0.1) is 24.5 Å². The molecule has 0 spiro atoms. The first kappa shape index (κ1) is 13.9. The summed E-state index contributed by atoms with van der Waals surface area (Å²) in [6.45, 7) is 1.17. The number of carbonyl (C=O) groups is 1. The van der Waals surface area contributed by atoms with Crippen molar-refractivity contribution >= 4 is 28.2 Å². The van der Waals surface area contributed by atoms with Crippen LogP contribution >= 0.6 is 11.3 Å². The van der Waals surface area contributed by atoms with Crippen molar-refractivity contribution in [2.75, 3.05) is 18.4 Å². The average Bonchev–Trinajstić information content (AvgIpc) is 3.08. The minimum atomic E-state index is -0.296. The van der Waals surface area contributed by atoms with Crippen LogP contribution in [-0.2, 0) is 4.79 Å². The zero-order chi connectivity index (χ0) is 14.7. The van der Waals surface area contributed by atoms with Crippen molar-refractivity contribution in [1.82, 2.24) is 19.9 Å². The Morgan fingerprint density at radius 2 is 2.43 bits per heavy atom. The van der Waals surface area contributed by atoms with Crippen LogP contribution in [0.25, 0.3) is 0 Å². The number of hydrogen-bond acceptors (Lipinski definition) is 7. The molecule has 3 heterocycles. The molecular weight excluding hydrogens is 288 g/mol.